The summed E-state index contributed by atoms with van der Waals surface area (Å²) in [5.41, 5.74) is 0.530. The molecule has 0 heterocycles. The van der Waals surface area contributed by atoms with E-state index in [-0.39, 0.29) is 5.75 Å². The lowest BCUT2D eigenvalue weighted by molar-refractivity contribution is -0.0505. The molecule has 0 aliphatic heterocycles. The summed E-state index contributed by atoms with van der Waals surface area (Å²) in [5.74, 6) is 2.55. The van der Waals surface area contributed by atoms with Crippen molar-refractivity contribution in [3.63, 3.8) is 0 Å². The van der Waals surface area contributed by atoms with Gasteiger partial charge in [0.25, 0.3) is 0 Å². The number of halogens is 2. The van der Waals surface area contributed by atoms with Crippen LogP contribution in [-0.4, -0.2) is 13.7 Å². The highest BCUT2D eigenvalue weighted by molar-refractivity contribution is 5.39. The minimum atomic E-state index is -2.85. The van der Waals surface area contributed by atoms with Crippen molar-refractivity contribution in [2.45, 2.75) is 12.7 Å². The standard InChI is InChI=1S/C11H11F2NO/c1-3-9(14-2)8-6-4-5-7-10(8)15-11(12)13/h1,4-7,9,11,14H,2H3. The molecule has 1 unspecified atom stereocenters. The van der Waals surface area contributed by atoms with Crippen molar-refractivity contribution in [2.75, 3.05) is 7.05 Å². The largest absolute Gasteiger partial charge is 0.434 e. The topological polar surface area (TPSA) is 21.3 Å². The Morgan fingerprint density at radius 1 is 1.40 bits per heavy atom. The van der Waals surface area contributed by atoms with Crippen molar-refractivity contribution in [2.24, 2.45) is 0 Å². The number of para-hydroxylation sites is 1. The summed E-state index contributed by atoms with van der Waals surface area (Å²) in [6.07, 6.45) is 5.26. The summed E-state index contributed by atoms with van der Waals surface area (Å²) < 4.78 is 28.5. The second-order valence-corrected chi connectivity index (χ2v) is 2.80. The van der Waals surface area contributed by atoms with Crippen LogP contribution in [-0.2, 0) is 0 Å². The van der Waals surface area contributed by atoms with Crippen LogP contribution >= 0.6 is 0 Å². The second kappa shape index (κ2) is 5.32. The third kappa shape index (κ3) is 2.93. The average Bonchev–Trinajstić information content (AvgIpc) is 2.21. The van der Waals surface area contributed by atoms with Crippen LogP contribution in [0.3, 0.4) is 0 Å². The average molecular weight is 211 g/mol. The van der Waals surface area contributed by atoms with Gasteiger partial charge in [0.2, 0.25) is 0 Å². The fraction of sp³-hybridized carbons (Fsp3) is 0.273. The normalized spacial score (nSPS) is 12.2. The Morgan fingerprint density at radius 2 is 2.07 bits per heavy atom. The van der Waals surface area contributed by atoms with Crippen LogP contribution in [0.1, 0.15) is 11.6 Å². The Hall–Kier alpha value is -1.60. The summed E-state index contributed by atoms with van der Waals surface area (Å²) >= 11 is 0. The number of rotatable bonds is 4. The smallest absolute Gasteiger partial charge is 0.387 e. The summed E-state index contributed by atoms with van der Waals surface area (Å²) in [6.45, 7) is -2.85. The van der Waals surface area contributed by atoms with E-state index in [2.05, 4.69) is 16.0 Å². The lowest BCUT2D eigenvalue weighted by Crippen LogP contribution is -2.16. The maximum absolute atomic E-state index is 12.1. The Kier molecular flexibility index (Phi) is 4.07. The zero-order chi connectivity index (χ0) is 11.3. The SMILES string of the molecule is C#CC(NC)c1ccccc1OC(F)F. The molecular weight excluding hydrogens is 200 g/mol. The van der Waals surface area contributed by atoms with Crippen molar-refractivity contribution in [3.05, 3.63) is 29.8 Å². The van der Waals surface area contributed by atoms with Crippen molar-refractivity contribution in [1.29, 1.82) is 0 Å². The number of ether oxygens (including phenoxy) is 1. The molecule has 0 saturated heterocycles. The van der Waals surface area contributed by atoms with Crippen molar-refractivity contribution >= 4 is 0 Å². The van der Waals surface area contributed by atoms with Gasteiger partial charge in [-0.25, -0.2) is 0 Å². The van der Waals surface area contributed by atoms with Gasteiger partial charge in [0, 0.05) is 5.56 Å². The van der Waals surface area contributed by atoms with Gasteiger partial charge in [0.05, 0.1) is 6.04 Å². The highest BCUT2D eigenvalue weighted by Gasteiger charge is 2.14. The molecule has 0 amide bonds. The Balaban J connectivity index is 3.01. The molecule has 0 fully saturated rings. The first-order valence-electron chi connectivity index (χ1n) is 4.36. The zero-order valence-corrected chi connectivity index (χ0v) is 8.21. The Labute approximate surface area is 87.2 Å². The lowest BCUT2D eigenvalue weighted by Gasteiger charge is -2.14. The second-order valence-electron chi connectivity index (χ2n) is 2.80. The van der Waals surface area contributed by atoms with Crippen molar-refractivity contribution < 1.29 is 13.5 Å². The molecule has 1 atom stereocenters. The van der Waals surface area contributed by atoms with Gasteiger partial charge < -0.3 is 10.1 Å². The van der Waals surface area contributed by atoms with Gasteiger partial charge >= 0.3 is 6.61 Å². The van der Waals surface area contributed by atoms with E-state index in [9.17, 15) is 8.78 Å². The summed E-state index contributed by atoms with van der Waals surface area (Å²) in [7, 11) is 1.66. The Bertz CT molecular complexity index is 360. The molecule has 80 valence electrons. The van der Waals surface area contributed by atoms with Crippen LogP contribution in [0, 0.1) is 12.3 Å². The molecule has 4 heteroatoms. The number of alkyl halides is 2. The van der Waals surface area contributed by atoms with Gasteiger partial charge in [-0.1, -0.05) is 24.1 Å². The van der Waals surface area contributed by atoms with E-state index in [1.54, 1.807) is 25.2 Å². The molecule has 0 bridgehead atoms. The molecule has 15 heavy (non-hydrogen) atoms. The highest BCUT2D eigenvalue weighted by Crippen LogP contribution is 2.25. The van der Waals surface area contributed by atoms with Crippen LogP contribution in [0.2, 0.25) is 0 Å². The van der Waals surface area contributed by atoms with E-state index in [0.29, 0.717) is 5.56 Å². The molecule has 0 spiro atoms. The van der Waals surface area contributed by atoms with E-state index in [0.717, 1.165) is 0 Å². The molecule has 0 saturated carbocycles. The summed E-state index contributed by atoms with van der Waals surface area (Å²) in [6, 6.07) is 6.02. The predicted molar refractivity (Wildman–Crippen MR) is 53.7 cm³/mol. The van der Waals surface area contributed by atoms with Crippen LogP contribution < -0.4 is 10.1 Å². The van der Waals surface area contributed by atoms with Crippen molar-refractivity contribution in [3.8, 4) is 18.1 Å². The summed E-state index contributed by atoms with van der Waals surface area (Å²) in [4.78, 5) is 0. The first-order chi connectivity index (χ1) is 7.19. The first kappa shape index (κ1) is 11.5. The zero-order valence-electron chi connectivity index (χ0n) is 8.21. The monoisotopic (exact) mass is 211 g/mol. The van der Waals surface area contributed by atoms with Crippen molar-refractivity contribution in [1.82, 2.24) is 5.32 Å². The van der Waals surface area contributed by atoms with E-state index >= 15 is 0 Å². The molecule has 2 nitrogen and oxygen atoms in total. The number of terminal acetylenes is 1. The highest BCUT2D eigenvalue weighted by atomic mass is 19.3. The molecule has 1 rings (SSSR count). The van der Waals surface area contributed by atoms with Crippen LogP contribution in [0.25, 0.3) is 0 Å². The van der Waals surface area contributed by atoms with Gasteiger partial charge in [0.1, 0.15) is 5.75 Å². The predicted octanol–water partition coefficient (Wildman–Crippen LogP) is 2.18. The van der Waals surface area contributed by atoms with Gasteiger partial charge in [-0.2, -0.15) is 8.78 Å². The molecule has 1 N–H and O–H groups in total. The molecule has 0 radical (unpaired) electrons. The maximum Gasteiger partial charge on any atom is 0.387 e. The molecule has 0 aliphatic carbocycles. The van der Waals surface area contributed by atoms with E-state index in [4.69, 9.17) is 6.42 Å². The van der Waals surface area contributed by atoms with E-state index in [1.165, 1.54) is 6.07 Å². The third-order valence-corrected chi connectivity index (χ3v) is 1.90. The number of nitrogens with one attached hydrogen (secondary N) is 1. The minimum absolute atomic E-state index is 0.102. The number of hydrogen-bond donors (Lipinski definition) is 1. The van der Waals surface area contributed by atoms with E-state index < -0.39 is 12.7 Å². The van der Waals surface area contributed by atoms with E-state index in [1.807, 2.05) is 0 Å². The number of hydrogen-bond acceptors (Lipinski definition) is 2. The third-order valence-electron chi connectivity index (χ3n) is 1.90. The van der Waals surface area contributed by atoms with Crippen LogP contribution in [0.4, 0.5) is 8.78 Å². The van der Waals surface area contributed by atoms with Crippen LogP contribution in [0.5, 0.6) is 5.75 Å². The van der Waals surface area contributed by atoms with Gasteiger partial charge in [-0.05, 0) is 13.1 Å². The summed E-state index contributed by atoms with van der Waals surface area (Å²) in [5, 5.41) is 2.82. The van der Waals surface area contributed by atoms with Crippen LogP contribution in [0.15, 0.2) is 24.3 Å². The maximum atomic E-state index is 12.1. The fourth-order valence-electron chi connectivity index (χ4n) is 1.25. The Morgan fingerprint density at radius 3 is 2.60 bits per heavy atom. The molecule has 0 aromatic heterocycles. The van der Waals surface area contributed by atoms with Gasteiger partial charge in [-0.3, -0.25) is 0 Å². The quantitative estimate of drug-likeness (QED) is 0.771. The molecule has 1 aromatic carbocycles. The van der Waals surface area contributed by atoms with Gasteiger partial charge in [-0.15, -0.1) is 6.42 Å². The lowest BCUT2D eigenvalue weighted by atomic mass is 10.1. The molecular formula is C11H11F2NO. The minimum Gasteiger partial charge on any atom is -0.434 e. The first-order valence-corrected chi connectivity index (χ1v) is 4.36. The molecule has 1 aromatic rings. The van der Waals surface area contributed by atoms with Gasteiger partial charge in [0.15, 0.2) is 0 Å². The fourth-order valence-corrected chi connectivity index (χ4v) is 1.25. The molecule has 0 aliphatic rings. The number of benzene rings is 1.